The number of carbonyl (C=O) groups excluding carboxylic acids is 3. The van der Waals surface area contributed by atoms with Crippen molar-refractivity contribution in [2.75, 3.05) is 25.6 Å². The summed E-state index contributed by atoms with van der Waals surface area (Å²) < 4.78 is 11.3. The summed E-state index contributed by atoms with van der Waals surface area (Å²) in [5.74, 6) is 0.103. The fourth-order valence-corrected chi connectivity index (χ4v) is 4.27. The van der Waals surface area contributed by atoms with Gasteiger partial charge in [-0.1, -0.05) is 30.3 Å². The number of fused-ring (bicyclic) bond motifs is 1. The number of carbonyl (C=O) groups is 3. The third-order valence-electron chi connectivity index (χ3n) is 5.07. The van der Waals surface area contributed by atoms with E-state index in [1.165, 1.54) is 4.90 Å². The van der Waals surface area contributed by atoms with E-state index in [2.05, 4.69) is 0 Å². The van der Waals surface area contributed by atoms with Gasteiger partial charge in [0.1, 0.15) is 5.75 Å². The highest BCUT2D eigenvalue weighted by atomic mass is 32.2. The summed E-state index contributed by atoms with van der Waals surface area (Å²) in [6.45, 7) is 1.26. The van der Waals surface area contributed by atoms with Gasteiger partial charge in [-0.3, -0.25) is 19.3 Å². The van der Waals surface area contributed by atoms with Crippen molar-refractivity contribution in [1.82, 2.24) is 9.80 Å². The zero-order valence-corrected chi connectivity index (χ0v) is 17.7. The number of ether oxygens (including phenoxy) is 2. The van der Waals surface area contributed by atoms with E-state index < -0.39 is 5.44 Å². The Kier molecular flexibility index (Phi) is 6.43. The van der Waals surface area contributed by atoms with Crippen molar-refractivity contribution in [3.05, 3.63) is 59.7 Å². The SMILES string of the molecule is Nc1ccc2c(c1)C(=O)N(CCCCOC1SC(=O)N(Cc3ccccc3)C1=O)CO2. The fraction of sp³-hybridized carbons (Fsp3) is 0.318. The number of imide groups is 1. The average Bonchev–Trinajstić information content (AvgIpc) is 3.03. The maximum absolute atomic E-state index is 12.6. The Bertz CT molecular complexity index is 984. The number of nitrogens with two attached hydrogens (primary N) is 1. The lowest BCUT2D eigenvalue weighted by Gasteiger charge is -2.28. The van der Waals surface area contributed by atoms with Gasteiger partial charge in [0, 0.05) is 18.8 Å². The topological polar surface area (TPSA) is 102 Å². The highest BCUT2D eigenvalue weighted by molar-refractivity contribution is 8.15. The molecule has 1 fully saturated rings. The van der Waals surface area contributed by atoms with Gasteiger partial charge in [0.25, 0.3) is 17.1 Å². The summed E-state index contributed by atoms with van der Waals surface area (Å²) in [4.78, 5) is 40.1. The van der Waals surface area contributed by atoms with Crippen LogP contribution in [0.15, 0.2) is 48.5 Å². The van der Waals surface area contributed by atoms with Crippen molar-refractivity contribution in [2.45, 2.75) is 24.8 Å². The van der Waals surface area contributed by atoms with Crippen LogP contribution in [0.5, 0.6) is 5.75 Å². The lowest BCUT2D eigenvalue weighted by Crippen LogP contribution is -2.39. The molecule has 1 unspecified atom stereocenters. The summed E-state index contributed by atoms with van der Waals surface area (Å²) in [5.41, 5.74) is 6.82. The molecule has 8 nitrogen and oxygen atoms in total. The van der Waals surface area contributed by atoms with E-state index >= 15 is 0 Å². The molecule has 0 bridgehead atoms. The van der Waals surface area contributed by atoms with Crippen LogP contribution in [0.3, 0.4) is 0 Å². The summed E-state index contributed by atoms with van der Waals surface area (Å²) in [6, 6.07) is 14.4. The first kappa shape index (κ1) is 21.2. The van der Waals surface area contributed by atoms with Gasteiger partial charge >= 0.3 is 0 Å². The van der Waals surface area contributed by atoms with Crippen molar-refractivity contribution in [2.24, 2.45) is 0 Å². The van der Waals surface area contributed by atoms with Crippen LogP contribution in [0.4, 0.5) is 10.5 Å². The van der Waals surface area contributed by atoms with Crippen molar-refractivity contribution >= 4 is 34.5 Å². The third-order valence-corrected chi connectivity index (χ3v) is 6.04. The quantitative estimate of drug-likeness (QED) is 0.496. The summed E-state index contributed by atoms with van der Waals surface area (Å²) in [6.07, 6.45) is 1.32. The Hall–Kier alpha value is -3.04. The largest absolute Gasteiger partial charge is 0.472 e. The molecule has 2 heterocycles. The van der Waals surface area contributed by atoms with Gasteiger partial charge in [-0.15, -0.1) is 0 Å². The molecule has 2 aromatic carbocycles. The van der Waals surface area contributed by atoms with Crippen LogP contribution in [0.2, 0.25) is 0 Å². The van der Waals surface area contributed by atoms with E-state index in [0.29, 0.717) is 43.0 Å². The maximum Gasteiger partial charge on any atom is 0.291 e. The van der Waals surface area contributed by atoms with E-state index in [-0.39, 0.29) is 30.3 Å². The Morgan fingerprint density at radius 2 is 1.90 bits per heavy atom. The maximum atomic E-state index is 12.6. The standard InChI is InChI=1S/C22H23N3O5S/c23-16-8-9-18-17(12-16)19(26)24(14-30-18)10-4-5-11-29-21-20(27)25(22(28)31-21)13-15-6-2-1-3-7-15/h1-3,6-9,12,21H,4-5,10-11,13-14,23H2. The molecule has 4 rings (SSSR count). The lowest BCUT2D eigenvalue weighted by atomic mass is 10.1. The minimum atomic E-state index is -0.814. The molecular formula is C22H23N3O5S. The first-order valence-corrected chi connectivity index (χ1v) is 10.9. The second-order valence-corrected chi connectivity index (χ2v) is 8.31. The number of thioether (sulfide) groups is 1. The number of nitrogen functional groups attached to an aromatic ring is 1. The van der Waals surface area contributed by atoms with Gasteiger partial charge in [-0.05, 0) is 48.4 Å². The molecule has 0 aromatic heterocycles. The molecule has 0 saturated carbocycles. The summed E-state index contributed by atoms with van der Waals surface area (Å²) >= 11 is 0.900. The second-order valence-electron chi connectivity index (χ2n) is 7.30. The van der Waals surface area contributed by atoms with Gasteiger partial charge in [0.05, 0.1) is 12.1 Å². The molecule has 0 aliphatic carbocycles. The fourth-order valence-electron chi connectivity index (χ4n) is 3.41. The van der Waals surface area contributed by atoms with Gasteiger partial charge in [0.2, 0.25) is 0 Å². The first-order valence-electron chi connectivity index (χ1n) is 10.0. The molecule has 9 heteroatoms. The number of nitrogens with zero attached hydrogens (tertiary/aromatic N) is 2. The number of hydrogen-bond donors (Lipinski definition) is 1. The average molecular weight is 442 g/mol. The molecule has 2 aromatic rings. The molecule has 2 N–H and O–H groups in total. The molecule has 0 spiro atoms. The molecular weight excluding hydrogens is 418 g/mol. The van der Waals surface area contributed by atoms with Crippen LogP contribution >= 0.6 is 11.8 Å². The normalized spacial score (nSPS) is 18.3. The van der Waals surface area contributed by atoms with E-state index in [0.717, 1.165) is 17.3 Å². The number of hydrogen-bond acceptors (Lipinski definition) is 7. The minimum absolute atomic E-state index is 0.113. The van der Waals surface area contributed by atoms with E-state index in [9.17, 15) is 14.4 Å². The van der Waals surface area contributed by atoms with Crippen LogP contribution in [0, 0.1) is 0 Å². The van der Waals surface area contributed by atoms with Gasteiger partial charge < -0.3 is 20.1 Å². The van der Waals surface area contributed by atoms with Crippen LogP contribution < -0.4 is 10.5 Å². The first-order chi connectivity index (χ1) is 15.0. The van der Waals surface area contributed by atoms with Crippen LogP contribution in [-0.2, 0) is 16.1 Å². The number of rotatable bonds is 8. The lowest BCUT2D eigenvalue weighted by molar-refractivity contribution is -0.134. The Morgan fingerprint density at radius 3 is 2.71 bits per heavy atom. The minimum Gasteiger partial charge on any atom is -0.472 e. The Morgan fingerprint density at radius 1 is 1.10 bits per heavy atom. The molecule has 31 heavy (non-hydrogen) atoms. The van der Waals surface area contributed by atoms with Crippen molar-refractivity contribution in [3.8, 4) is 5.75 Å². The number of anilines is 1. The van der Waals surface area contributed by atoms with E-state index in [1.807, 2.05) is 30.3 Å². The van der Waals surface area contributed by atoms with E-state index in [1.54, 1.807) is 23.1 Å². The number of unbranched alkanes of at least 4 members (excludes halogenated alkanes) is 1. The van der Waals surface area contributed by atoms with Crippen LogP contribution in [0.25, 0.3) is 0 Å². The zero-order chi connectivity index (χ0) is 21.8. The molecule has 1 saturated heterocycles. The highest BCUT2D eigenvalue weighted by Crippen LogP contribution is 2.30. The second kappa shape index (κ2) is 9.40. The Balaban J connectivity index is 1.20. The van der Waals surface area contributed by atoms with E-state index in [4.69, 9.17) is 15.2 Å². The molecule has 3 amide bonds. The summed E-state index contributed by atoms with van der Waals surface area (Å²) in [7, 11) is 0. The molecule has 1 atom stereocenters. The number of amides is 3. The molecule has 2 aliphatic heterocycles. The molecule has 2 aliphatic rings. The monoisotopic (exact) mass is 441 g/mol. The predicted molar refractivity (Wildman–Crippen MR) is 116 cm³/mol. The van der Waals surface area contributed by atoms with Gasteiger partial charge in [-0.2, -0.15) is 0 Å². The molecule has 0 radical (unpaired) electrons. The Labute approximate surface area is 184 Å². The highest BCUT2D eigenvalue weighted by Gasteiger charge is 2.40. The predicted octanol–water partition coefficient (Wildman–Crippen LogP) is 3.08. The number of benzene rings is 2. The van der Waals surface area contributed by atoms with Gasteiger partial charge in [0.15, 0.2) is 12.2 Å². The van der Waals surface area contributed by atoms with Gasteiger partial charge in [-0.25, -0.2) is 0 Å². The zero-order valence-electron chi connectivity index (χ0n) is 16.9. The smallest absolute Gasteiger partial charge is 0.291 e. The van der Waals surface area contributed by atoms with Crippen molar-refractivity contribution in [1.29, 1.82) is 0 Å². The van der Waals surface area contributed by atoms with Crippen molar-refractivity contribution < 1.29 is 23.9 Å². The van der Waals surface area contributed by atoms with Crippen molar-refractivity contribution in [3.63, 3.8) is 0 Å². The third kappa shape index (κ3) is 4.83. The summed E-state index contributed by atoms with van der Waals surface area (Å²) in [5, 5.41) is -0.298. The van der Waals surface area contributed by atoms with Crippen LogP contribution in [-0.4, -0.2) is 52.2 Å². The molecule has 162 valence electrons. The van der Waals surface area contributed by atoms with Crippen LogP contribution in [0.1, 0.15) is 28.8 Å².